The molecule has 0 spiro atoms. The molecule has 0 saturated heterocycles. The van der Waals surface area contributed by atoms with Crippen molar-refractivity contribution in [2.24, 2.45) is 5.73 Å². The number of ether oxygens (including phenoxy) is 3. The Morgan fingerprint density at radius 3 is 2.82 bits per heavy atom. The number of nitrogens with two attached hydrogens (primary N) is 1. The van der Waals surface area contributed by atoms with Crippen molar-refractivity contribution in [3.63, 3.8) is 0 Å². The highest BCUT2D eigenvalue weighted by atomic mass is 127. The van der Waals surface area contributed by atoms with Gasteiger partial charge < -0.3 is 25.1 Å². The van der Waals surface area contributed by atoms with Crippen molar-refractivity contribution in [2.45, 2.75) is 12.8 Å². The van der Waals surface area contributed by atoms with Gasteiger partial charge in [-0.3, -0.25) is 0 Å². The second-order valence-corrected chi connectivity index (χ2v) is 7.17. The van der Waals surface area contributed by atoms with E-state index in [9.17, 15) is 10.4 Å². The molecule has 1 heterocycles. The maximum absolute atomic E-state index is 9.78. The van der Waals surface area contributed by atoms with E-state index in [1.165, 1.54) is 6.07 Å². The average Bonchev–Trinajstić information content (AvgIpc) is 2.66. The molecule has 144 valence electrons. The molecule has 1 atom stereocenters. The van der Waals surface area contributed by atoms with Gasteiger partial charge in [-0.15, -0.1) is 0 Å². The van der Waals surface area contributed by atoms with Crippen LogP contribution in [-0.2, 0) is 0 Å². The Kier molecular flexibility index (Phi) is 5.99. The minimum atomic E-state index is -0.449. The monoisotopic (exact) mass is 490 g/mol. The van der Waals surface area contributed by atoms with Crippen molar-refractivity contribution in [1.82, 2.24) is 0 Å². The number of hydrogen-bond acceptors (Lipinski definition) is 6. The van der Waals surface area contributed by atoms with E-state index in [0.29, 0.717) is 36.0 Å². The zero-order valence-corrected chi connectivity index (χ0v) is 17.4. The van der Waals surface area contributed by atoms with Crippen LogP contribution in [0.2, 0.25) is 0 Å². The van der Waals surface area contributed by atoms with Crippen LogP contribution in [0.3, 0.4) is 0 Å². The summed E-state index contributed by atoms with van der Waals surface area (Å²) in [7, 11) is 0. The molecule has 1 aliphatic heterocycles. The summed E-state index contributed by atoms with van der Waals surface area (Å²) in [5.41, 5.74) is 7.85. The summed E-state index contributed by atoms with van der Waals surface area (Å²) < 4.78 is 17.9. The van der Waals surface area contributed by atoms with E-state index in [0.717, 1.165) is 14.7 Å². The highest BCUT2D eigenvalue weighted by Gasteiger charge is 2.32. The number of phenolic OH excluding ortho intramolecular Hbond substituents is 1. The van der Waals surface area contributed by atoms with E-state index in [1.54, 1.807) is 18.2 Å². The maximum atomic E-state index is 9.78. The minimum absolute atomic E-state index is 0.0190. The lowest BCUT2D eigenvalue weighted by Crippen LogP contribution is -2.21. The van der Waals surface area contributed by atoms with Crippen LogP contribution in [0.4, 0.5) is 0 Å². The number of nitrogens with zero attached hydrogens (tertiary/aromatic N) is 1. The topological polar surface area (TPSA) is 97.7 Å². The fourth-order valence-corrected chi connectivity index (χ4v) is 3.87. The summed E-state index contributed by atoms with van der Waals surface area (Å²) in [6.07, 6.45) is 1.66. The number of nitriles is 1. The van der Waals surface area contributed by atoms with Gasteiger partial charge in [-0.05, 0) is 53.3 Å². The van der Waals surface area contributed by atoms with Crippen molar-refractivity contribution in [1.29, 1.82) is 5.26 Å². The Labute approximate surface area is 177 Å². The molecule has 2 aromatic rings. The van der Waals surface area contributed by atoms with Crippen LogP contribution >= 0.6 is 22.6 Å². The predicted molar refractivity (Wildman–Crippen MR) is 113 cm³/mol. The maximum Gasteiger partial charge on any atom is 0.205 e. The van der Waals surface area contributed by atoms with Gasteiger partial charge in [0.15, 0.2) is 11.5 Å². The Morgan fingerprint density at radius 2 is 2.14 bits per heavy atom. The lowest BCUT2D eigenvalue weighted by atomic mass is 9.83. The summed E-state index contributed by atoms with van der Waals surface area (Å²) in [6.45, 7) is 6.38. The van der Waals surface area contributed by atoms with Gasteiger partial charge in [0.05, 0.1) is 16.1 Å². The van der Waals surface area contributed by atoms with E-state index in [1.807, 2.05) is 19.1 Å². The second kappa shape index (κ2) is 8.44. The van der Waals surface area contributed by atoms with Crippen LogP contribution in [0, 0.1) is 14.9 Å². The van der Waals surface area contributed by atoms with E-state index < -0.39 is 5.92 Å². The highest BCUT2D eigenvalue weighted by Crippen LogP contribution is 2.46. The summed E-state index contributed by atoms with van der Waals surface area (Å²) in [5.74, 6) is 1.25. The molecule has 3 rings (SSSR count). The molecule has 0 saturated carbocycles. The molecule has 28 heavy (non-hydrogen) atoms. The molecule has 0 bridgehead atoms. The standard InChI is InChI=1S/C21H19IN2O4/c1-3-7-27-20-16(22)8-12(9-18(20)26-4-2)19-14-6-5-13(25)10-17(14)28-21(24)15(19)11-23/h3,5-6,8-10,19,25H,1,4,7,24H2,2H3/t19-/m0/s1. The first kappa shape index (κ1) is 19.9. The van der Waals surface area contributed by atoms with Gasteiger partial charge in [0.1, 0.15) is 29.7 Å². The molecule has 6 nitrogen and oxygen atoms in total. The molecular weight excluding hydrogens is 471 g/mol. The lowest BCUT2D eigenvalue weighted by Gasteiger charge is -2.27. The first-order valence-electron chi connectivity index (χ1n) is 8.60. The quantitative estimate of drug-likeness (QED) is 0.466. The molecular formula is C21H19IN2O4. The third-order valence-corrected chi connectivity index (χ3v) is 5.01. The van der Waals surface area contributed by atoms with E-state index >= 15 is 0 Å². The number of hydrogen-bond donors (Lipinski definition) is 2. The van der Waals surface area contributed by atoms with Gasteiger partial charge in [-0.25, -0.2) is 0 Å². The Balaban J connectivity index is 2.19. The number of benzene rings is 2. The summed E-state index contributed by atoms with van der Waals surface area (Å²) in [5, 5.41) is 19.5. The molecule has 0 aromatic heterocycles. The fraction of sp³-hybridized carbons (Fsp3) is 0.190. The average molecular weight is 490 g/mol. The fourth-order valence-electron chi connectivity index (χ4n) is 3.09. The van der Waals surface area contributed by atoms with Crippen LogP contribution in [0.5, 0.6) is 23.0 Å². The van der Waals surface area contributed by atoms with Crippen LogP contribution < -0.4 is 19.9 Å². The Hall–Kier alpha value is -2.86. The van der Waals surface area contributed by atoms with Crippen LogP contribution in [0.15, 0.2) is 54.4 Å². The van der Waals surface area contributed by atoms with Crippen LogP contribution in [-0.4, -0.2) is 18.3 Å². The van der Waals surface area contributed by atoms with Crippen molar-refractivity contribution in [2.75, 3.05) is 13.2 Å². The van der Waals surface area contributed by atoms with Crippen LogP contribution in [0.1, 0.15) is 24.0 Å². The van der Waals surface area contributed by atoms with E-state index in [4.69, 9.17) is 19.9 Å². The van der Waals surface area contributed by atoms with Crippen molar-refractivity contribution >= 4 is 22.6 Å². The minimum Gasteiger partial charge on any atom is -0.508 e. The first-order valence-corrected chi connectivity index (χ1v) is 9.68. The molecule has 3 N–H and O–H groups in total. The van der Waals surface area contributed by atoms with Gasteiger partial charge >= 0.3 is 0 Å². The zero-order valence-electron chi connectivity index (χ0n) is 15.2. The molecule has 0 amide bonds. The van der Waals surface area contributed by atoms with Gasteiger partial charge in [0.2, 0.25) is 5.88 Å². The van der Waals surface area contributed by atoms with E-state index in [-0.39, 0.29) is 11.6 Å². The largest absolute Gasteiger partial charge is 0.508 e. The zero-order chi connectivity index (χ0) is 20.3. The van der Waals surface area contributed by atoms with Crippen molar-refractivity contribution in [3.05, 3.63) is 69.1 Å². The molecule has 0 radical (unpaired) electrons. The molecule has 0 fully saturated rings. The summed E-state index contributed by atoms with van der Waals surface area (Å²) in [6, 6.07) is 10.7. The van der Waals surface area contributed by atoms with Gasteiger partial charge in [-0.2, -0.15) is 5.26 Å². The van der Waals surface area contributed by atoms with Gasteiger partial charge in [0, 0.05) is 11.6 Å². The van der Waals surface area contributed by atoms with E-state index in [2.05, 4.69) is 35.2 Å². The Bertz CT molecular complexity index is 995. The highest BCUT2D eigenvalue weighted by molar-refractivity contribution is 14.1. The lowest BCUT2D eigenvalue weighted by molar-refractivity contribution is 0.295. The van der Waals surface area contributed by atoms with Gasteiger partial charge in [0.25, 0.3) is 0 Å². The first-order chi connectivity index (χ1) is 13.5. The molecule has 2 aromatic carbocycles. The SMILES string of the molecule is C=CCOc1c(I)cc([C@@H]2C(C#N)=C(N)Oc3cc(O)ccc32)cc1OCC. The number of aromatic hydroxyl groups is 1. The molecule has 0 aliphatic carbocycles. The number of rotatable bonds is 6. The third kappa shape index (κ3) is 3.73. The van der Waals surface area contributed by atoms with Crippen LogP contribution in [0.25, 0.3) is 0 Å². The van der Waals surface area contributed by atoms with Crippen molar-refractivity contribution < 1.29 is 19.3 Å². The summed E-state index contributed by atoms with van der Waals surface area (Å²) in [4.78, 5) is 0. The third-order valence-electron chi connectivity index (χ3n) is 4.21. The normalized spacial score (nSPS) is 15.2. The van der Waals surface area contributed by atoms with Crippen molar-refractivity contribution in [3.8, 4) is 29.1 Å². The smallest absolute Gasteiger partial charge is 0.205 e. The number of phenols is 1. The number of halogens is 1. The molecule has 7 heteroatoms. The molecule has 1 aliphatic rings. The predicted octanol–water partition coefficient (Wildman–Crippen LogP) is 4.18. The molecule has 0 unspecified atom stereocenters. The van der Waals surface area contributed by atoms with Gasteiger partial charge in [-0.1, -0.05) is 18.7 Å². The number of allylic oxidation sites excluding steroid dienone is 1. The second-order valence-electron chi connectivity index (χ2n) is 6.01. The Morgan fingerprint density at radius 1 is 1.36 bits per heavy atom. The number of fused-ring (bicyclic) bond motifs is 1. The summed E-state index contributed by atoms with van der Waals surface area (Å²) >= 11 is 2.18.